The SMILES string of the molecule is COC(=O)c1ccc2c(c1)NC(=O)C(C)(C)N2. The van der Waals surface area contributed by atoms with Crippen LogP contribution in [-0.2, 0) is 9.53 Å². The van der Waals surface area contributed by atoms with Crippen LogP contribution in [0.5, 0.6) is 0 Å². The highest BCUT2D eigenvalue weighted by Crippen LogP contribution is 2.31. The van der Waals surface area contributed by atoms with E-state index in [1.807, 2.05) is 0 Å². The zero-order valence-electron chi connectivity index (χ0n) is 9.96. The lowest BCUT2D eigenvalue weighted by molar-refractivity contribution is -0.119. The van der Waals surface area contributed by atoms with Crippen molar-refractivity contribution in [2.24, 2.45) is 0 Å². The van der Waals surface area contributed by atoms with Crippen molar-refractivity contribution in [3.8, 4) is 0 Å². The zero-order valence-corrected chi connectivity index (χ0v) is 9.96. The number of esters is 1. The Balaban J connectivity index is 2.39. The summed E-state index contributed by atoms with van der Waals surface area (Å²) in [7, 11) is 1.32. The van der Waals surface area contributed by atoms with Gasteiger partial charge in [0.25, 0.3) is 0 Å². The van der Waals surface area contributed by atoms with Gasteiger partial charge in [-0.05, 0) is 32.0 Å². The second-order valence-corrected chi connectivity index (χ2v) is 4.46. The van der Waals surface area contributed by atoms with Crippen LogP contribution in [0.2, 0.25) is 0 Å². The van der Waals surface area contributed by atoms with E-state index < -0.39 is 11.5 Å². The third-order valence-corrected chi connectivity index (χ3v) is 2.70. The monoisotopic (exact) mass is 234 g/mol. The molecular formula is C12H14N2O3. The molecule has 5 nitrogen and oxygen atoms in total. The first-order valence-corrected chi connectivity index (χ1v) is 5.26. The number of carbonyl (C=O) groups is 2. The van der Waals surface area contributed by atoms with Crippen LogP contribution < -0.4 is 10.6 Å². The summed E-state index contributed by atoms with van der Waals surface area (Å²) in [6.07, 6.45) is 0. The van der Waals surface area contributed by atoms with Crippen LogP contribution in [-0.4, -0.2) is 24.5 Å². The first-order valence-electron chi connectivity index (χ1n) is 5.26. The van der Waals surface area contributed by atoms with Gasteiger partial charge >= 0.3 is 5.97 Å². The van der Waals surface area contributed by atoms with Gasteiger partial charge in [-0.3, -0.25) is 4.79 Å². The summed E-state index contributed by atoms with van der Waals surface area (Å²) in [5.41, 5.74) is 1.15. The summed E-state index contributed by atoms with van der Waals surface area (Å²) < 4.78 is 4.62. The number of anilines is 2. The van der Waals surface area contributed by atoms with Gasteiger partial charge in [0.2, 0.25) is 5.91 Å². The van der Waals surface area contributed by atoms with Crippen molar-refractivity contribution >= 4 is 23.3 Å². The molecule has 0 saturated heterocycles. The van der Waals surface area contributed by atoms with Crippen LogP contribution in [0, 0.1) is 0 Å². The van der Waals surface area contributed by atoms with Gasteiger partial charge in [0.1, 0.15) is 5.54 Å². The van der Waals surface area contributed by atoms with E-state index in [1.165, 1.54) is 7.11 Å². The predicted molar refractivity (Wildman–Crippen MR) is 64.1 cm³/mol. The summed E-state index contributed by atoms with van der Waals surface area (Å²) in [5, 5.41) is 5.87. The average Bonchev–Trinajstić information content (AvgIpc) is 2.28. The van der Waals surface area contributed by atoms with Gasteiger partial charge in [-0.15, -0.1) is 0 Å². The smallest absolute Gasteiger partial charge is 0.337 e. The Morgan fingerprint density at radius 3 is 2.65 bits per heavy atom. The largest absolute Gasteiger partial charge is 0.465 e. The molecule has 1 aliphatic rings. The molecule has 1 aromatic rings. The third kappa shape index (κ3) is 1.95. The second-order valence-electron chi connectivity index (χ2n) is 4.46. The molecule has 0 radical (unpaired) electrons. The fraction of sp³-hybridized carbons (Fsp3) is 0.333. The van der Waals surface area contributed by atoms with E-state index in [1.54, 1.807) is 32.0 Å². The standard InChI is InChI=1S/C12H14N2O3/c1-12(2)11(16)13-9-6-7(10(15)17-3)4-5-8(9)14-12/h4-6,14H,1-3H3,(H,13,16). The number of benzene rings is 1. The Morgan fingerprint density at radius 1 is 1.29 bits per heavy atom. The van der Waals surface area contributed by atoms with Gasteiger partial charge in [-0.1, -0.05) is 0 Å². The summed E-state index contributed by atoms with van der Waals surface area (Å²) in [6, 6.07) is 5.01. The molecule has 1 amide bonds. The van der Waals surface area contributed by atoms with Crippen LogP contribution >= 0.6 is 0 Å². The topological polar surface area (TPSA) is 67.4 Å². The molecule has 0 saturated carbocycles. The van der Waals surface area contributed by atoms with Gasteiger partial charge in [-0.2, -0.15) is 0 Å². The molecule has 1 aliphatic heterocycles. The normalized spacial score (nSPS) is 16.5. The van der Waals surface area contributed by atoms with E-state index in [4.69, 9.17) is 0 Å². The minimum Gasteiger partial charge on any atom is -0.465 e. The Kier molecular flexibility index (Phi) is 2.53. The molecule has 0 atom stereocenters. The van der Waals surface area contributed by atoms with Gasteiger partial charge < -0.3 is 15.4 Å². The highest BCUT2D eigenvalue weighted by atomic mass is 16.5. The van der Waals surface area contributed by atoms with Crippen molar-refractivity contribution < 1.29 is 14.3 Å². The Hall–Kier alpha value is -2.04. The molecule has 0 aromatic heterocycles. The number of nitrogens with one attached hydrogen (secondary N) is 2. The van der Waals surface area contributed by atoms with Gasteiger partial charge in [0, 0.05) is 0 Å². The molecule has 0 spiro atoms. The van der Waals surface area contributed by atoms with Crippen LogP contribution in [0.3, 0.4) is 0 Å². The van der Waals surface area contributed by atoms with Crippen molar-refractivity contribution in [3.05, 3.63) is 23.8 Å². The van der Waals surface area contributed by atoms with E-state index in [9.17, 15) is 9.59 Å². The Morgan fingerprint density at radius 2 is 2.00 bits per heavy atom. The van der Waals surface area contributed by atoms with E-state index >= 15 is 0 Å². The van der Waals surface area contributed by atoms with Crippen LogP contribution in [0.1, 0.15) is 24.2 Å². The molecule has 1 heterocycles. The maximum Gasteiger partial charge on any atom is 0.337 e. The number of amides is 1. The molecule has 5 heteroatoms. The lowest BCUT2D eigenvalue weighted by Gasteiger charge is -2.32. The van der Waals surface area contributed by atoms with Crippen molar-refractivity contribution in [1.82, 2.24) is 0 Å². The fourth-order valence-corrected chi connectivity index (χ4v) is 1.67. The van der Waals surface area contributed by atoms with Gasteiger partial charge in [0.15, 0.2) is 0 Å². The highest BCUT2D eigenvalue weighted by Gasteiger charge is 2.32. The molecule has 1 aromatic carbocycles. The average molecular weight is 234 g/mol. The van der Waals surface area contributed by atoms with Crippen molar-refractivity contribution in [3.63, 3.8) is 0 Å². The van der Waals surface area contributed by atoms with E-state index in [2.05, 4.69) is 15.4 Å². The van der Waals surface area contributed by atoms with E-state index in [-0.39, 0.29) is 5.91 Å². The maximum absolute atomic E-state index is 11.7. The van der Waals surface area contributed by atoms with Crippen LogP contribution in [0.15, 0.2) is 18.2 Å². The summed E-state index contributed by atoms with van der Waals surface area (Å²) in [4.78, 5) is 23.1. The van der Waals surface area contributed by atoms with Crippen LogP contribution in [0.25, 0.3) is 0 Å². The minimum absolute atomic E-state index is 0.132. The molecular weight excluding hydrogens is 220 g/mol. The predicted octanol–water partition coefficient (Wildman–Crippen LogP) is 1.62. The number of hydrogen-bond acceptors (Lipinski definition) is 4. The van der Waals surface area contributed by atoms with Crippen molar-refractivity contribution in [2.45, 2.75) is 19.4 Å². The molecule has 0 unspecified atom stereocenters. The fourth-order valence-electron chi connectivity index (χ4n) is 1.67. The highest BCUT2D eigenvalue weighted by molar-refractivity contribution is 6.06. The van der Waals surface area contributed by atoms with Crippen LogP contribution in [0.4, 0.5) is 11.4 Å². The molecule has 0 fully saturated rings. The lowest BCUT2D eigenvalue weighted by atomic mass is 9.99. The maximum atomic E-state index is 11.7. The number of carbonyl (C=O) groups excluding carboxylic acids is 2. The van der Waals surface area contributed by atoms with Gasteiger partial charge in [-0.25, -0.2) is 4.79 Å². The van der Waals surface area contributed by atoms with Crippen molar-refractivity contribution in [1.29, 1.82) is 0 Å². The quantitative estimate of drug-likeness (QED) is 0.724. The van der Waals surface area contributed by atoms with E-state index in [0.717, 1.165) is 5.69 Å². The molecule has 2 rings (SSSR count). The first-order chi connectivity index (χ1) is 7.94. The third-order valence-electron chi connectivity index (χ3n) is 2.70. The number of rotatable bonds is 1. The minimum atomic E-state index is -0.653. The molecule has 0 aliphatic carbocycles. The summed E-state index contributed by atoms with van der Waals surface area (Å²) in [6.45, 7) is 3.58. The molecule has 90 valence electrons. The number of methoxy groups -OCH3 is 1. The molecule has 2 N–H and O–H groups in total. The van der Waals surface area contributed by atoms with Gasteiger partial charge in [0.05, 0.1) is 24.0 Å². The Labute approximate surface area is 99.2 Å². The zero-order chi connectivity index (χ0) is 12.6. The number of ether oxygens (including phenoxy) is 1. The number of fused-ring (bicyclic) bond motifs is 1. The van der Waals surface area contributed by atoms with E-state index in [0.29, 0.717) is 11.3 Å². The van der Waals surface area contributed by atoms with Crippen molar-refractivity contribution in [2.75, 3.05) is 17.7 Å². The first kappa shape index (κ1) is 11.4. The summed E-state index contributed by atoms with van der Waals surface area (Å²) >= 11 is 0. The molecule has 0 bridgehead atoms. The second kappa shape index (κ2) is 3.76. The molecule has 17 heavy (non-hydrogen) atoms. The lowest BCUT2D eigenvalue weighted by Crippen LogP contribution is -2.47. The number of hydrogen-bond donors (Lipinski definition) is 2. The summed E-state index contributed by atoms with van der Waals surface area (Å²) in [5.74, 6) is -0.557. The Bertz CT molecular complexity index is 495.